The van der Waals surface area contributed by atoms with Crippen molar-refractivity contribution in [3.8, 4) is 0 Å². The third-order valence-electron chi connectivity index (χ3n) is 2.71. The van der Waals surface area contributed by atoms with Crippen LogP contribution in [-0.4, -0.2) is 10.7 Å². The number of anilines is 1. The zero-order chi connectivity index (χ0) is 13.5. The molecule has 0 saturated carbocycles. The summed E-state index contributed by atoms with van der Waals surface area (Å²) in [6, 6.07) is 5.39. The molecule has 2 nitrogen and oxygen atoms in total. The van der Waals surface area contributed by atoms with Gasteiger partial charge in [0.1, 0.15) is 0 Å². The summed E-state index contributed by atoms with van der Waals surface area (Å²) in [4.78, 5) is 1.92. The van der Waals surface area contributed by atoms with Crippen LogP contribution in [0, 0.1) is 0 Å². The number of thiocarbonyl (C=S) groups is 1. The Balaban J connectivity index is 2.48. The fourth-order valence-corrected chi connectivity index (χ4v) is 3.07. The van der Waals surface area contributed by atoms with Gasteiger partial charge in [-0.2, -0.15) is 0 Å². The molecule has 0 atom stereocenters. The summed E-state index contributed by atoms with van der Waals surface area (Å²) in [6.45, 7) is 6.16. The largest absolute Gasteiger partial charge is 0.354 e. The quantitative estimate of drug-likeness (QED) is 0.775. The number of halogens is 2. The maximum Gasteiger partial charge on any atom is 0.178 e. The van der Waals surface area contributed by atoms with E-state index >= 15 is 0 Å². The van der Waals surface area contributed by atoms with Crippen LogP contribution in [0.3, 0.4) is 0 Å². The molecule has 0 aromatic heterocycles. The summed E-state index contributed by atoms with van der Waals surface area (Å²) >= 11 is 17.5. The van der Waals surface area contributed by atoms with Crippen LogP contribution in [0.5, 0.6) is 0 Å². The van der Waals surface area contributed by atoms with Gasteiger partial charge in [-0.05, 0) is 57.3 Å². The Morgan fingerprint density at radius 1 is 1.28 bits per heavy atom. The maximum atomic E-state index is 6.22. The van der Waals surface area contributed by atoms with Crippen molar-refractivity contribution in [2.24, 2.45) is 0 Å². The predicted octanol–water partition coefficient (Wildman–Crippen LogP) is 4.37. The molecule has 96 valence electrons. The Morgan fingerprint density at radius 3 is 2.50 bits per heavy atom. The van der Waals surface area contributed by atoms with E-state index in [9.17, 15) is 0 Å². The number of nitrogens with zero attached hydrogens (tertiary/aromatic N) is 1. The lowest BCUT2D eigenvalue weighted by atomic mass is 10.0. The van der Waals surface area contributed by atoms with E-state index in [0.29, 0.717) is 15.2 Å². The minimum atomic E-state index is -0.142. The molecule has 0 saturated heterocycles. The molecule has 0 fully saturated rings. The summed E-state index contributed by atoms with van der Waals surface area (Å²) in [5, 5.41) is 5.10. The first-order chi connectivity index (χ1) is 8.30. The lowest BCUT2D eigenvalue weighted by Gasteiger charge is -2.38. The van der Waals surface area contributed by atoms with Crippen molar-refractivity contribution in [3.63, 3.8) is 0 Å². The zero-order valence-corrected chi connectivity index (χ0v) is 12.7. The van der Waals surface area contributed by atoms with Crippen LogP contribution in [0.2, 0.25) is 10.0 Å². The van der Waals surface area contributed by atoms with Crippen molar-refractivity contribution in [3.05, 3.63) is 40.0 Å². The van der Waals surface area contributed by atoms with Crippen molar-refractivity contribution in [1.29, 1.82) is 0 Å². The predicted molar refractivity (Wildman–Crippen MR) is 82.5 cm³/mol. The number of nitrogens with one attached hydrogen (secondary N) is 1. The summed E-state index contributed by atoms with van der Waals surface area (Å²) < 4.78 is 0. The summed E-state index contributed by atoms with van der Waals surface area (Å²) in [6.07, 6.45) is 2.12. The van der Waals surface area contributed by atoms with E-state index in [1.165, 1.54) is 0 Å². The normalized spacial score (nSPS) is 18.4. The second-order valence-electron chi connectivity index (χ2n) is 4.87. The monoisotopic (exact) mass is 300 g/mol. The molecule has 2 rings (SSSR count). The highest BCUT2D eigenvalue weighted by Gasteiger charge is 2.28. The molecular weight excluding hydrogens is 287 g/mol. The molecule has 0 spiro atoms. The number of hydrogen-bond donors (Lipinski definition) is 1. The third-order valence-corrected chi connectivity index (χ3v) is 3.53. The van der Waals surface area contributed by atoms with Crippen molar-refractivity contribution in [2.45, 2.75) is 26.3 Å². The van der Waals surface area contributed by atoms with Gasteiger partial charge in [0.15, 0.2) is 5.11 Å². The molecule has 0 amide bonds. The first-order valence-electron chi connectivity index (χ1n) is 5.57. The molecule has 1 aromatic carbocycles. The van der Waals surface area contributed by atoms with Gasteiger partial charge in [0, 0.05) is 10.7 Å². The van der Waals surface area contributed by atoms with Crippen LogP contribution in [0.25, 0.3) is 0 Å². The number of benzene rings is 1. The van der Waals surface area contributed by atoms with Gasteiger partial charge < -0.3 is 5.32 Å². The van der Waals surface area contributed by atoms with Crippen LogP contribution in [0.15, 0.2) is 30.0 Å². The van der Waals surface area contributed by atoms with E-state index in [-0.39, 0.29) is 5.54 Å². The van der Waals surface area contributed by atoms with Gasteiger partial charge in [-0.25, -0.2) is 0 Å². The molecule has 1 aliphatic heterocycles. The van der Waals surface area contributed by atoms with Gasteiger partial charge in [-0.15, -0.1) is 0 Å². The van der Waals surface area contributed by atoms with Crippen LogP contribution < -0.4 is 10.2 Å². The van der Waals surface area contributed by atoms with E-state index in [4.69, 9.17) is 35.4 Å². The van der Waals surface area contributed by atoms with Gasteiger partial charge in [0.05, 0.1) is 16.2 Å². The van der Waals surface area contributed by atoms with E-state index in [2.05, 4.69) is 25.2 Å². The third kappa shape index (κ3) is 2.63. The van der Waals surface area contributed by atoms with Gasteiger partial charge in [0.25, 0.3) is 0 Å². The minimum absolute atomic E-state index is 0.142. The van der Waals surface area contributed by atoms with Gasteiger partial charge in [-0.3, -0.25) is 4.90 Å². The average Bonchev–Trinajstić information content (AvgIpc) is 2.18. The molecule has 0 aliphatic carbocycles. The Kier molecular flexibility index (Phi) is 3.58. The van der Waals surface area contributed by atoms with Crippen LogP contribution in [0.4, 0.5) is 5.69 Å². The second-order valence-corrected chi connectivity index (χ2v) is 6.10. The fraction of sp³-hybridized carbons (Fsp3) is 0.308. The lowest BCUT2D eigenvalue weighted by molar-refractivity contribution is 0.560. The van der Waals surface area contributed by atoms with Crippen molar-refractivity contribution in [1.82, 2.24) is 5.32 Å². The first kappa shape index (κ1) is 13.7. The summed E-state index contributed by atoms with van der Waals surface area (Å²) in [7, 11) is 0. The van der Waals surface area contributed by atoms with Crippen LogP contribution >= 0.6 is 35.4 Å². The molecular formula is C13H14Cl2N2S. The lowest BCUT2D eigenvalue weighted by Crippen LogP contribution is -2.53. The number of hydrogen-bond acceptors (Lipinski definition) is 1. The topological polar surface area (TPSA) is 15.3 Å². The number of rotatable bonds is 1. The number of allylic oxidation sites excluding steroid dienone is 1. The molecule has 1 N–H and O–H groups in total. The molecule has 1 heterocycles. The Hall–Kier alpha value is -0.770. The summed E-state index contributed by atoms with van der Waals surface area (Å²) in [5.74, 6) is 0. The maximum absolute atomic E-state index is 6.22. The molecule has 0 radical (unpaired) electrons. The Bertz CT molecular complexity index is 538. The molecule has 1 aliphatic rings. The van der Waals surface area contributed by atoms with Crippen molar-refractivity contribution >= 4 is 46.2 Å². The van der Waals surface area contributed by atoms with Crippen molar-refractivity contribution < 1.29 is 0 Å². The van der Waals surface area contributed by atoms with Crippen molar-refractivity contribution in [2.75, 3.05) is 4.90 Å². The molecule has 1 aromatic rings. The Labute approximate surface area is 123 Å². The highest BCUT2D eigenvalue weighted by Crippen LogP contribution is 2.33. The van der Waals surface area contributed by atoms with E-state index in [1.807, 2.05) is 17.9 Å². The first-order valence-corrected chi connectivity index (χ1v) is 6.73. The van der Waals surface area contributed by atoms with Gasteiger partial charge in [-0.1, -0.05) is 23.2 Å². The molecule has 5 heteroatoms. The Morgan fingerprint density at radius 2 is 1.94 bits per heavy atom. The average molecular weight is 301 g/mol. The summed E-state index contributed by atoms with van der Waals surface area (Å²) in [5.41, 5.74) is 1.74. The molecule has 0 bridgehead atoms. The van der Waals surface area contributed by atoms with E-state index in [0.717, 1.165) is 11.4 Å². The van der Waals surface area contributed by atoms with Gasteiger partial charge in [0.2, 0.25) is 0 Å². The molecule has 0 unspecified atom stereocenters. The SMILES string of the molecule is CC1=CC(C)(C)NC(=S)N1c1ccc(Cl)cc1Cl. The standard InChI is InChI=1S/C13H14Cl2N2S/c1-8-7-13(2,3)16-12(18)17(8)11-5-4-9(14)6-10(11)15/h4-7H,1-3H3,(H,16,18). The van der Waals surface area contributed by atoms with E-state index < -0.39 is 0 Å². The molecule has 18 heavy (non-hydrogen) atoms. The smallest absolute Gasteiger partial charge is 0.178 e. The fourth-order valence-electron chi connectivity index (χ4n) is 2.08. The minimum Gasteiger partial charge on any atom is -0.354 e. The highest BCUT2D eigenvalue weighted by molar-refractivity contribution is 7.80. The zero-order valence-electron chi connectivity index (χ0n) is 10.4. The second kappa shape index (κ2) is 4.72. The van der Waals surface area contributed by atoms with Crippen LogP contribution in [0.1, 0.15) is 20.8 Å². The van der Waals surface area contributed by atoms with Crippen LogP contribution in [-0.2, 0) is 0 Å². The van der Waals surface area contributed by atoms with Gasteiger partial charge >= 0.3 is 0 Å². The van der Waals surface area contributed by atoms with E-state index in [1.54, 1.807) is 12.1 Å². The highest BCUT2D eigenvalue weighted by atomic mass is 35.5.